The number of rotatable bonds is 1. The van der Waals surface area contributed by atoms with Crippen LogP contribution in [0.3, 0.4) is 0 Å². The normalized spacial score (nSPS) is 9.92. The van der Waals surface area contributed by atoms with Crippen LogP contribution in [0.1, 0.15) is 16.7 Å². The Labute approximate surface area is 72.7 Å². The van der Waals surface area contributed by atoms with Crippen molar-refractivity contribution in [3.63, 3.8) is 0 Å². The van der Waals surface area contributed by atoms with Gasteiger partial charge in [0, 0.05) is 11.1 Å². The van der Waals surface area contributed by atoms with E-state index in [0.29, 0.717) is 10.4 Å². The molecule has 0 radical (unpaired) electrons. The van der Waals surface area contributed by atoms with Gasteiger partial charge in [-0.1, -0.05) is 5.56 Å². The molecule has 0 fully saturated rings. The molecule has 0 amide bonds. The number of hydrogen-bond acceptors (Lipinski definition) is 1. The van der Waals surface area contributed by atoms with E-state index in [1.165, 1.54) is 5.56 Å². The van der Waals surface area contributed by atoms with Gasteiger partial charge < -0.3 is 5.21 Å². The Kier molecular flexibility index (Phi) is 2.18. The van der Waals surface area contributed by atoms with Gasteiger partial charge in [-0.25, -0.2) is 0 Å². The van der Waals surface area contributed by atoms with Crippen molar-refractivity contribution in [2.75, 3.05) is 0 Å². The molecule has 0 aliphatic heterocycles. The summed E-state index contributed by atoms with van der Waals surface area (Å²) in [4.78, 5) is 0. The van der Waals surface area contributed by atoms with E-state index >= 15 is 0 Å². The third-order valence-corrected chi connectivity index (χ3v) is 1.88. The van der Waals surface area contributed by atoms with Crippen molar-refractivity contribution in [3.8, 4) is 0 Å². The maximum atomic E-state index is 11.0. The molecular weight excluding hydrogens is 150 g/mol. The fourth-order valence-corrected chi connectivity index (χ4v) is 1.57. The third-order valence-electron chi connectivity index (χ3n) is 1.88. The first kappa shape index (κ1) is 8.78. The van der Waals surface area contributed by atoms with Crippen LogP contribution in [0.5, 0.6) is 0 Å². The molecule has 0 saturated heterocycles. The summed E-state index contributed by atoms with van der Waals surface area (Å²) < 4.78 is 0.671. The molecule has 0 aliphatic rings. The Morgan fingerprint density at radius 1 is 1.17 bits per heavy atom. The van der Waals surface area contributed by atoms with E-state index in [9.17, 15) is 5.21 Å². The first-order chi connectivity index (χ1) is 5.52. The number of nitrogens with zero attached hydrogens (tertiary/aromatic N) is 1. The van der Waals surface area contributed by atoms with Crippen molar-refractivity contribution in [3.05, 3.63) is 34.0 Å². The van der Waals surface area contributed by atoms with Crippen LogP contribution in [0.4, 0.5) is 5.69 Å². The Hall–Kier alpha value is -1.31. The zero-order valence-electron chi connectivity index (χ0n) is 7.72. The molecule has 0 unspecified atom stereocenters. The summed E-state index contributed by atoms with van der Waals surface area (Å²) in [7, 11) is 0. The first-order valence-electron chi connectivity index (χ1n) is 3.88. The van der Waals surface area contributed by atoms with Gasteiger partial charge in [-0.3, -0.25) is 0 Å². The quantitative estimate of drug-likeness (QED) is 0.270. The van der Waals surface area contributed by atoms with Crippen molar-refractivity contribution < 1.29 is 4.74 Å². The van der Waals surface area contributed by atoms with Gasteiger partial charge in [0.1, 0.15) is 6.72 Å². The summed E-state index contributed by atoms with van der Waals surface area (Å²) in [6, 6.07) is 3.97. The van der Waals surface area contributed by atoms with Crippen LogP contribution >= 0.6 is 0 Å². The summed E-state index contributed by atoms with van der Waals surface area (Å²) in [5, 5.41) is 11.0. The van der Waals surface area contributed by atoms with Crippen molar-refractivity contribution >= 4 is 12.4 Å². The summed E-state index contributed by atoms with van der Waals surface area (Å²) in [6.45, 7) is 9.20. The zero-order chi connectivity index (χ0) is 9.30. The van der Waals surface area contributed by atoms with Crippen molar-refractivity contribution in [1.29, 1.82) is 0 Å². The van der Waals surface area contributed by atoms with Crippen molar-refractivity contribution in [1.82, 2.24) is 0 Å². The molecule has 0 saturated carbocycles. The van der Waals surface area contributed by atoms with E-state index in [1.807, 2.05) is 32.9 Å². The van der Waals surface area contributed by atoms with Gasteiger partial charge in [0.25, 0.3) is 0 Å². The average molecular weight is 163 g/mol. The van der Waals surface area contributed by atoms with Crippen LogP contribution in [0, 0.1) is 26.0 Å². The second kappa shape index (κ2) is 2.97. The molecular formula is C10H13NO. The molecule has 0 aromatic heterocycles. The summed E-state index contributed by atoms with van der Waals surface area (Å²) in [5.74, 6) is 0. The van der Waals surface area contributed by atoms with E-state index in [-0.39, 0.29) is 0 Å². The van der Waals surface area contributed by atoms with E-state index in [2.05, 4.69) is 6.72 Å². The lowest BCUT2D eigenvalue weighted by molar-refractivity contribution is -0.351. The van der Waals surface area contributed by atoms with Crippen LogP contribution in [0.2, 0.25) is 0 Å². The molecule has 0 N–H and O–H groups in total. The minimum absolute atomic E-state index is 0.671. The SMILES string of the molecule is C=[N+]([O-])c1c(C)cc(C)cc1C. The standard InChI is InChI=1S/C10H13NO/c1-7-5-8(2)10(11(4)12)9(3)6-7/h5-6H,4H2,1-3H3. The Morgan fingerprint density at radius 3 is 1.92 bits per heavy atom. The molecule has 0 atom stereocenters. The lowest BCUT2D eigenvalue weighted by Gasteiger charge is -2.08. The van der Waals surface area contributed by atoms with Gasteiger partial charge in [-0.15, -0.1) is 0 Å². The molecule has 1 rings (SSSR count). The van der Waals surface area contributed by atoms with Gasteiger partial charge >= 0.3 is 0 Å². The molecule has 0 aliphatic carbocycles. The predicted molar refractivity (Wildman–Crippen MR) is 51.1 cm³/mol. The number of benzene rings is 1. The van der Waals surface area contributed by atoms with Gasteiger partial charge in [-0.2, -0.15) is 4.74 Å². The van der Waals surface area contributed by atoms with E-state index in [4.69, 9.17) is 0 Å². The van der Waals surface area contributed by atoms with Gasteiger partial charge in [0.2, 0.25) is 5.69 Å². The molecule has 1 aromatic rings. The van der Waals surface area contributed by atoms with Gasteiger partial charge in [-0.05, 0) is 32.9 Å². The number of aryl methyl sites for hydroxylation is 3. The van der Waals surface area contributed by atoms with Crippen LogP contribution in [-0.4, -0.2) is 11.5 Å². The lowest BCUT2D eigenvalue weighted by atomic mass is 10.1. The lowest BCUT2D eigenvalue weighted by Crippen LogP contribution is -1.96. The Balaban J connectivity index is 3.38. The highest BCUT2D eigenvalue weighted by Gasteiger charge is 2.08. The Morgan fingerprint density at radius 2 is 1.58 bits per heavy atom. The van der Waals surface area contributed by atoms with E-state index in [0.717, 1.165) is 11.1 Å². The molecule has 0 bridgehead atoms. The Bertz CT molecular complexity index is 306. The average Bonchev–Trinajstić information content (AvgIpc) is 1.82. The first-order valence-corrected chi connectivity index (χ1v) is 3.88. The smallest absolute Gasteiger partial charge is 0.221 e. The number of hydrogen-bond donors (Lipinski definition) is 0. The van der Waals surface area contributed by atoms with E-state index < -0.39 is 0 Å². The van der Waals surface area contributed by atoms with Gasteiger partial charge in [0.05, 0.1) is 0 Å². The maximum Gasteiger partial charge on any atom is 0.221 e. The van der Waals surface area contributed by atoms with Crippen LogP contribution < -0.4 is 0 Å². The second-order valence-electron chi connectivity index (χ2n) is 3.13. The molecule has 2 nitrogen and oxygen atoms in total. The summed E-state index contributed by atoms with van der Waals surface area (Å²) in [6.07, 6.45) is 0. The monoisotopic (exact) mass is 163 g/mol. The fourth-order valence-electron chi connectivity index (χ4n) is 1.57. The fraction of sp³-hybridized carbons (Fsp3) is 0.300. The largest absolute Gasteiger partial charge is 0.619 e. The third kappa shape index (κ3) is 1.47. The van der Waals surface area contributed by atoms with E-state index in [1.54, 1.807) is 0 Å². The maximum absolute atomic E-state index is 11.0. The van der Waals surface area contributed by atoms with Crippen LogP contribution in [0.15, 0.2) is 12.1 Å². The molecule has 0 heterocycles. The minimum Gasteiger partial charge on any atom is -0.619 e. The topological polar surface area (TPSA) is 26.1 Å². The minimum atomic E-state index is 0.671. The van der Waals surface area contributed by atoms with Crippen molar-refractivity contribution in [2.45, 2.75) is 20.8 Å². The molecule has 2 heteroatoms. The summed E-state index contributed by atoms with van der Waals surface area (Å²) >= 11 is 0. The highest BCUT2D eigenvalue weighted by molar-refractivity contribution is 5.50. The van der Waals surface area contributed by atoms with Crippen molar-refractivity contribution in [2.24, 2.45) is 0 Å². The molecule has 1 aromatic carbocycles. The summed E-state index contributed by atoms with van der Waals surface area (Å²) in [5.41, 5.74) is 3.83. The molecule has 64 valence electrons. The molecule has 0 spiro atoms. The van der Waals surface area contributed by atoms with Crippen LogP contribution in [0.25, 0.3) is 0 Å². The van der Waals surface area contributed by atoms with Crippen LogP contribution in [-0.2, 0) is 0 Å². The predicted octanol–water partition coefficient (Wildman–Crippen LogP) is 2.45. The molecule has 12 heavy (non-hydrogen) atoms. The second-order valence-corrected chi connectivity index (χ2v) is 3.13. The van der Waals surface area contributed by atoms with Gasteiger partial charge in [0.15, 0.2) is 0 Å². The highest BCUT2D eigenvalue weighted by Crippen LogP contribution is 2.23. The zero-order valence-corrected chi connectivity index (χ0v) is 7.72. The highest BCUT2D eigenvalue weighted by atomic mass is 16.5.